The van der Waals surface area contributed by atoms with Gasteiger partial charge in [-0.15, -0.1) is 0 Å². The molecule has 5 nitrogen and oxygen atoms in total. The third-order valence-electron chi connectivity index (χ3n) is 3.61. The van der Waals surface area contributed by atoms with Gasteiger partial charge < -0.3 is 20.0 Å². The quantitative estimate of drug-likeness (QED) is 0.793. The Morgan fingerprint density at radius 1 is 1.15 bits per heavy atom. The number of carboxylic acids is 1. The first-order chi connectivity index (χ1) is 9.58. The standard InChI is InChI=1S/C14H12FNO4/c15-7-3-1-2-4-8(7)16-13(17)11-9-5-6-10(20-9)12(11)14(18)19/h1-6,9-12H,(H,16,17)(H,18,19)/p-1/t9-,10+,11-,12-/m0/s1. The molecule has 0 spiro atoms. The minimum Gasteiger partial charge on any atom is -0.550 e. The van der Waals surface area contributed by atoms with Crippen molar-refractivity contribution in [3.05, 3.63) is 42.2 Å². The van der Waals surface area contributed by atoms with E-state index in [-0.39, 0.29) is 5.69 Å². The maximum atomic E-state index is 13.5. The molecule has 2 aliphatic heterocycles. The van der Waals surface area contributed by atoms with Crippen LogP contribution in [0.15, 0.2) is 36.4 Å². The molecule has 4 atom stereocenters. The number of amides is 1. The zero-order valence-corrected chi connectivity index (χ0v) is 10.3. The Labute approximate surface area is 114 Å². The largest absolute Gasteiger partial charge is 0.550 e. The van der Waals surface area contributed by atoms with E-state index in [2.05, 4.69) is 5.32 Å². The van der Waals surface area contributed by atoms with E-state index in [1.807, 2.05) is 0 Å². The topological polar surface area (TPSA) is 78.5 Å². The highest BCUT2D eigenvalue weighted by Gasteiger charge is 2.50. The number of nitrogens with one attached hydrogen (secondary N) is 1. The highest BCUT2D eigenvalue weighted by atomic mass is 19.1. The molecule has 1 amide bonds. The van der Waals surface area contributed by atoms with Crippen LogP contribution in [0.1, 0.15) is 0 Å². The summed E-state index contributed by atoms with van der Waals surface area (Å²) in [5.41, 5.74) is 0.0151. The monoisotopic (exact) mass is 276 g/mol. The molecule has 0 radical (unpaired) electrons. The maximum Gasteiger partial charge on any atom is 0.231 e. The summed E-state index contributed by atoms with van der Waals surface area (Å²) in [6, 6.07) is 5.69. The fraction of sp³-hybridized carbons (Fsp3) is 0.286. The van der Waals surface area contributed by atoms with E-state index in [4.69, 9.17) is 4.74 Å². The van der Waals surface area contributed by atoms with Gasteiger partial charge in [0.05, 0.1) is 23.8 Å². The average molecular weight is 276 g/mol. The van der Waals surface area contributed by atoms with Crippen LogP contribution in [0.5, 0.6) is 0 Å². The highest BCUT2D eigenvalue weighted by Crippen LogP contribution is 2.39. The van der Waals surface area contributed by atoms with E-state index in [9.17, 15) is 19.1 Å². The molecular weight excluding hydrogens is 265 g/mol. The summed E-state index contributed by atoms with van der Waals surface area (Å²) in [6.45, 7) is 0. The van der Waals surface area contributed by atoms with Crippen LogP contribution in [0.4, 0.5) is 10.1 Å². The van der Waals surface area contributed by atoms with E-state index < -0.39 is 41.7 Å². The summed E-state index contributed by atoms with van der Waals surface area (Å²) in [5.74, 6) is -4.45. The number of carbonyl (C=O) groups excluding carboxylic acids is 2. The van der Waals surface area contributed by atoms with Gasteiger partial charge in [0.2, 0.25) is 5.91 Å². The van der Waals surface area contributed by atoms with Crippen LogP contribution in [0.2, 0.25) is 0 Å². The zero-order valence-electron chi connectivity index (χ0n) is 10.3. The number of fused-ring (bicyclic) bond motifs is 2. The molecule has 0 aliphatic carbocycles. The second kappa shape index (κ2) is 4.72. The molecule has 1 saturated heterocycles. The van der Waals surface area contributed by atoms with Gasteiger partial charge in [-0.3, -0.25) is 4.79 Å². The normalized spacial score (nSPS) is 30.4. The number of aliphatic carboxylic acids is 1. The Morgan fingerprint density at radius 3 is 2.45 bits per heavy atom. The Kier molecular flexibility index (Phi) is 3.02. The smallest absolute Gasteiger partial charge is 0.231 e. The Hall–Kier alpha value is -2.21. The van der Waals surface area contributed by atoms with Crippen LogP contribution in [0, 0.1) is 17.7 Å². The van der Waals surface area contributed by atoms with Gasteiger partial charge in [-0.1, -0.05) is 24.3 Å². The van der Waals surface area contributed by atoms with Crippen molar-refractivity contribution >= 4 is 17.6 Å². The van der Waals surface area contributed by atoms with Crippen LogP contribution < -0.4 is 10.4 Å². The Bertz CT molecular complexity index is 601. The van der Waals surface area contributed by atoms with Crippen molar-refractivity contribution in [1.82, 2.24) is 0 Å². The summed E-state index contributed by atoms with van der Waals surface area (Å²) in [5, 5.41) is 13.5. The van der Waals surface area contributed by atoms with E-state index in [0.29, 0.717) is 0 Å². The molecule has 104 valence electrons. The third kappa shape index (κ3) is 1.98. The maximum absolute atomic E-state index is 13.5. The fourth-order valence-corrected chi connectivity index (χ4v) is 2.68. The molecule has 0 unspecified atom stereocenters. The zero-order chi connectivity index (χ0) is 14.3. The van der Waals surface area contributed by atoms with Crippen molar-refractivity contribution in [2.75, 3.05) is 5.32 Å². The number of halogens is 1. The van der Waals surface area contributed by atoms with Gasteiger partial charge in [0.15, 0.2) is 0 Å². The molecule has 1 aromatic rings. The van der Waals surface area contributed by atoms with Crippen molar-refractivity contribution in [1.29, 1.82) is 0 Å². The summed E-state index contributed by atoms with van der Waals surface area (Å²) < 4.78 is 18.9. The molecule has 6 heteroatoms. The molecule has 1 aromatic carbocycles. The molecule has 0 aromatic heterocycles. The second-order valence-corrected chi connectivity index (χ2v) is 4.79. The molecule has 0 saturated carbocycles. The third-order valence-corrected chi connectivity index (χ3v) is 3.61. The number of ether oxygens (including phenoxy) is 1. The summed E-state index contributed by atoms with van der Waals surface area (Å²) in [7, 11) is 0. The second-order valence-electron chi connectivity index (χ2n) is 4.79. The number of para-hydroxylation sites is 1. The minimum absolute atomic E-state index is 0.0151. The number of hydrogen-bond acceptors (Lipinski definition) is 4. The van der Waals surface area contributed by atoms with Crippen LogP contribution in [0.3, 0.4) is 0 Å². The van der Waals surface area contributed by atoms with Gasteiger partial charge in [-0.2, -0.15) is 0 Å². The number of carbonyl (C=O) groups is 2. The fourth-order valence-electron chi connectivity index (χ4n) is 2.68. The van der Waals surface area contributed by atoms with E-state index >= 15 is 0 Å². The molecule has 2 bridgehead atoms. The Balaban J connectivity index is 1.82. The van der Waals surface area contributed by atoms with Crippen LogP contribution in [0.25, 0.3) is 0 Å². The van der Waals surface area contributed by atoms with Crippen LogP contribution in [-0.2, 0) is 14.3 Å². The van der Waals surface area contributed by atoms with Gasteiger partial charge in [-0.25, -0.2) is 4.39 Å². The number of rotatable bonds is 3. The first-order valence-corrected chi connectivity index (χ1v) is 6.18. The molecule has 2 aliphatic rings. The van der Waals surface area contributed by atoms with E-state index in [0.717, 1.165) is 0 Å². The molecule has 1 fully saturated rings. The van der Waals surface area contributed by atoms with Crippen molar-refractivity contribution in [3.63, 3.8) is 0 Å². The molecular formula is C14H11FNO4-. The van der Waals surface area contributed by atoms with E-state index in [1.165, 1.54) is 18.2 Å². The number of benzene rings is 1. The predicted octanol–water partition coefficient (Wildman–Crippen LogP) is 0.0837. The van der Waals surface area contributed by atoms with Crippen molar-refractivity contribution in [2.45, 2.75) is 12.2 Å². The van der Waals surface area contributed by atoms with Gasteiger partial charge in [0.1, 0.15) is 5.82 Å². The Morgan fingerprint density at radius 2 is 1.80 bits per heavy atom. The lowest BCUT2D eigenvalue weighted by molar-refractivity contribution is -0.313. The van der Waals surface area contributed by atoms with Gasteiger partial charge >= 0.3 is 0 Å². The van der Waals surface area contributed by atoms with E-state index in [1.54, 1.807) is 18.2 Å². The highest BCUT2D eigenvalue weighted by molar-refractivity contribution is 5.96. The average Bonchev–Trinajstić information content (AvgIpc) is 3.01. The number of hydrogen-bond donors (Lipinski definition) is 1. The first-order valence-electron chi connectivity index (χ1n) is 6.18. The predicted molar refractivity (Wildman–Crippen MR) is 64.8 cm³/mol. The van der Waals surface area contributed by atoms with Gasteiger partial charge in [0, 0.05) is 11.9 Å². The van der Waals surface area contributed by atoms with Gasteiger partial charge in [-0.05, 0) is 12.1 Å². The SMILES string of the molecule is O=C(Nc1ccccc1F)[C@@H]1[C@@H](C(=O)[O-])[C@H]2C=C[C@@H]1O2. The van der Waals surface area contributed by atoms with Crippen molar-refractivity contribution in [3.8, 4) is 0 Å². The summed E-state index contributed by atoms with van der Waals surface area (Å²) in [6.07, 6.45) is 2.00. The lowest BCUT2D eigenvalue weighted by atomic mass is 9.82. The van der Waals surface area contributed by atoms with Gasteiger partial charge in [0.25, 0.3) is 0 Å². The van der Waals surface area contributed by atoms with Crippen molar-refractivity contribution < 1.29 is 23.8 Å². The molecule has 20 heavy (non-hydrogen) atoms. The molecule has 3 rings (SSSR count). The minimum atomic E-state index is -1.34. The summed E-state index contributed by atoms with van der Waals surface area (Å²) >= 11 is 0. The first kappa shape index (κ1) is 12.8. The number of anilines is 1. The lowest BCUT2D eigenvalue weighted by Gasteiger charge is -2.25. The van der Waals surface area contributed by atoms with Crippen LogP contribution >= 0.6 is 0 Å². The molecule has 1 N–H and O–H groups in total. The van der Waals surface area contributed by atoms with Crippen molar-refractivity contribution in [2.24, 2.45) is 11.8 Å². The van der Waals surface area contributed by atoms with Crippen LogP contribution in [-0.4, -0.2) is 24.1 Å². The number of carboxylic acid groups (broad SMARTS) is 1. The molecule has 2 heterocycles. The summed E-state index contributed by atoms with van der Waals surface area (Å²) in [4.78, 5) is 23.3. The lowest BCUT2D eigenvalue weighted by Crippen LogP contribution is -2.45.